The lowest BCUT2D eigenvalue weighted by Gasteiger charge is -2.33. The van der Waals surface area contributed by atoms with Crippen LogP contribution in [-0.2, 0) is 4.79 Å². The van der Waals surface area contributed by atoms with Crippen LogP contribution in [0.2, 0.25) is 5.02 Å². The SMILES string of the molecule is C[NH+]1CC[NH+](C(C(=O)NC2CCCC2)c2ccc(Cl)cc2)CC1. The number of likely N-dealkylation sites (N-methyl/N-ethyl adjacent to an activating group) is 1. The van der Waals surface area contributed by atoms with Gasteiger partial charge in [0.2, 0.25) is 0 Å². The van der Waals surface area contributed by atoms with Crippen LogP contribution in [0.1, 0.15) is 37.3 Å². The molecule has 0 aromatic heterocycles. The molecule has 23 heavy (non-hydrogen) atoms. The molecular formula is C18H28ClN3O+2. The van der Waals surface area contributed by atoms with Gasteiger partial charge in [-0.2, -0.15) is 0 Å². The zero-order valence-corrected chi connectivity index (χ0v) is 14.7. The molecule has 0 radical (unpaired) electrons. The van der Waals surface area contributed by atoms with Crippen molar-refractivity contribution in [2.24, 2.45) is 0 Å². The van der Waals surface area contributed by atoms with E-state index in [9.17, 15) is 4.79 Å². The molecule has 1 amide bonds. The standard InChI is InChI=1S/C18H26ClN3O/c1-21-10-12-22(13-11-21)17(14-6-8-15(19)9-7-14)18(23)20-16-4-2-3-5-16/h6-9,16-17H,2-5,10-13H2,1H3,(H,20,23)/p+2. The van der Waals surface area contributed by atoms with E-state index in [2.05, 4.69) is 12.4 Å². The van der Waals surface area contributed by atoms with Crippen molar-refractivity contribution in [2.45, 2.75) is 37.8 Å². The third-order valence-electron chi connectivity index (χ3n) is 5.32. The Morgan fingerprint density at radius 1 is 1.13 bits per heavy atom. The number of hydrogen-bond donors (Lipinski definition) is 3. The predicted molar refractivity (Wildman–Crippen MR) is 91.9 cm³/mol. The van der Waals surface area contributed by atoms with Crippen LogP contribution < -0.4 is 15.1 Å². The Hall–Kier alpha value is -1.10. The Bertz CT molecular complexity index is 520. The third kappa shape index (κ3) is 4.25. The number of amides is 1. The van der Waals surface area contributed by atoms with Crippen molar-refractivity contribution in [3.05, 3.63) is 34.9 Å². The highest BCUT2D eigenvalue weighted by molar-refractivity contribution is 6.30. The minimum Gasteiger partial charge on any atom is -0.348 e. The van der Waals surface area contributed by atoms with Crippen molar-refractivity contribution in [3.8, 4) is 0 Å². The number of piperazine rings is 1. The largest absolute Gasteiger partial charge is 0.348 e. The number of quaternary nitrogens is 2. The molecule has 3 N–H and O–H groups in total. The average molecular weight is 338 g/mol. The molecular weight excluding hydrogens is 310 g/mol. The van der Waals surface area contributed by atoms with Crippen molar-refractivity contribution in [3.63, 3.8) is 0 Å². The molecule has 5 heteroatoms. The van der Waals surface area contributed by atoms with Crippen LogP contribution in [0.4, 0.5) is 0 Å². The Kier molecular flexibility index (Phi) is 5.57. The summed E-state index contributed by atoms with van der Waals surface area (Å²) in [6, 6.07) is 8.08. The van der Waals surface area contributed by atoms with Gasteiger partial charge in [-0.25, -0.2) is 0 Å². The molecule has 2 fully saturated rings. The van der Waals surface area contributed by atoms with Crippen LogP contribution >= 0.6 is 11.6 Å². The van der Waals surface area contributed by atoms with Crippen molar-refractivity contribution in [2.75, 3.05) is 33.2 Å². The number of carbonyl (C=O) groups excluding carboxylic acids is 1. The van der Waals surface area contributed by atoms with Crippen molar-refractivity contribution in [1.82, 2.24) is 5.32 Å². The summed E-state index contributed by atoms with van der Waals surface area (Å²) in [5.74, 6) is 0.189. The van der Waals surface area contributed by atoms with E-state index in [0.717, 1.165) is 49.6 Å². The van der Waals surface area contributed by atoms with Gasteiger partial charge in [0.25, 0.3) is 5.91 Å². The van der Waals surface area contributed by atoms with Gasteiger partial charge in [0.05, 0.1) is 7.05 Å². The van der Waals surface area contributed by atoms with Gasteiger partial charge in [-0.3, -0.25) is 4.79 Å². The van der Waals surface area contributed by atoms with E-state index in [1.165, 1.54) is 17.7 Å². The first-order chi connectivity index (χ1) is 11.1. The number of hydrogen-bond acceptors (Lipinski definition) is 1. The molecule has 1 aliphatic heterocycles. The molecule has 1 atom stereocenters. The van der Waals surface area contributed by atoms with E-state index in [1.807, 2.05) is 24.3 Å². The van der Waals surface area contributed by atoms with E-state index in [4.69, 9.17) is 11.6 Å². The van der Waals surface area contributed by atoms with Crippen LogP contribution in [0.3, 0.4) is 0 Å². The second kappa shape index (κ2) is 7.65. The molecule has 1 saturated heterocycles. The third-order valence-corrected chi connectivity index (χ3v) is 5.57. The summed E-state index contributed by atoms with van der Waals surface area (Å²) in [5, 5.41) is 4.02. The van der Waals surface area contributed by atoms with Gasteiger partial charge >= 0.3 is 0 Å². The van der Waals surface area contributed by atoms with Crippen molar-refractivity contribution >= 4 is 17.5 Å². The van der Waals surface area contributed by atoms with Crippen molar-refractivity contribution < 1.29 is 14.6 Å². The van der Waals surface area contributed by atoms with E-state index in [0.29, 0.717) is 6.04 Å². The molecule has 2 aliphatic rings. The van der Waals surface area contributed by atoms with Crippen LogP contribution in [0.15, 0.2) is 24.3 Å². The van der Waals surface area contributed by atoms with E-state index in [1.54, 1.807) is 4.90 Å². The molecule has 0 spiro atoms. The quantitative estimate of drug-likeness (QED) is 0.702. The molecule has 1 aromatic carbocycles. The Morgan fingerprint density at radius 3 is 2.35 bits per heavy atom. The summed E-state index contributed by atoms with van der Waals surface area (Å²) in [5.41, 5.74) is 1.08. The van der Waals surface area contributed by atoms with Gasteiger partial charge in [-0.1, -0.05) is 36.6 Å². The van der Waals surface area contributed by atoms with Gasteiger partial charge in [-0.15, -0.1) is 0 Å². The number of rotatable bonds is 4. The second-order valence-corrected chi connectivity index (χ2v) is 7.53. The molecule has 1 saturated carbocycles. The smallest absolute Gasteiger partial charge is 0.283 e. The van der Waals surface area contributed by atoms with Crippen molar-refractivity contribution in [1.29, 1.82) is 0 Å². The highest BCUT2D eigenvalue weighted by atomic mass is 35.5. The lowest BCUT2D eigenvalue weighted by atomic mass is 10.0. The van der Waals surface area contributed by atoms with Gasteiger partial charge in [0.15, 0.2) is 6.04 Å². The first-order valence-corrected chi connectivity index (χ1v) is 9.23. The first kappa shape index (κ1) is 16.7. The fourth-order valence-corrected chi connectivity index (χ4v) is 3.99. The Balaban J connectivity index is 1.77. The topological polar surface area (TPSA) is 38.0 Å². The summed E-state index contributed by atoms with van der Waals surface area (Å²) in [4.78, 5) is 15.9. The van der Waals surface area contributed by atoms with E-state index < -0.39 is 0 Å². The zero-order valence-electron chi connectivity index (χ0n) is 13.9. The number of nitrogens with one attached hydrogen (secondary N) is 3. The number of halogens is 1. The van der Waals surface area contributed by atoms with Gasteiger partial charge < -0.3 is 15.1 Å². The second-order valence-electron chi connectivity index (χ2n) is 7.09. The van der Waals surface area contributed by atoms with E-state index in [-0.39, 0.29) is 11.9 Å². The summed E-state index contributed by atoms with van der Waals surface area (Å²) in [7, 11) is 2.23. The van der Waals surface area contributed by atoms with Gasteiger partial charge in [0, 0.05) is 16.6 Å². The van der Waals surface area contributed by atoms with E-state index >= 15 is 0 Å². The van der Waals surface area contributed by atoms with Crippen LogP contribution in [0.5, 0.6) is 0 Å². The summed E-state index contributed by atoms with van der Waals surface area (Å²) in [6.45, 7) is 4.32. The molecule has 1 heterocycles. The normalized spacial score (nSPS) is 26.9. The van der Waals surface area contributed by atoms with Gasteiger partial charge in [-0.05, 0) is 25.0 Å². The lowest BCUT2D eigenvalue weighted by molar-refractivity contribution is -1.01. The first-order valence-electron chi connectivity index (χ1n) is 8.85. The maximum Gasteiger partial charge on any atom is 0.283 e. The minimum absolute atomic E-state index is 0.110. The summed E-state index contributed by atoms with van der Waals surface area (Å²) >= 11 is 6.03. The summed E-state index contributed by atoms with van der Waals surface area (Å²) in [6.07, 6.45) is 4.73. The maximum atomic E-state index is 13.0. The maximum absolute atomic E-state index is 13.0. The molecule has 126 valence electrons. The minimum atomic E-state index is -0.110. The Labute approximate surface area is 143 Å². The fourth-order valence-electron chi connectivity index (χ4n) is 3.87. The Morgan fingerprint density at radius 2 is 1.74 bits per heavy atom. The predicted octanol–water partition coefficient (Wildman–Crippen LogP) is -0.147. The molecule has 1 aliphatic carbocycles. The number of benzene rings is 1. The lowest BCUT2D eigenvalue weighted by Crippen LogP contribution is -3.27. The highest BCUT2D eigenvalue weighted by Gasteiger charge is 2.35. The summed E-state index contributed by atoms with van der Waals surface area (Å²) < 4.78 is 0. The monoisotopic (exact) mass is 337 g/mol. The molecule has 3 rings (SSSR count). The average Bonchev–Trinajstić information content (AvgIpc) is 3.04. The van der Waals surface area contributed by atoms with Crippen LogP contribution in [0, 0.1) is 0 Å². The van der Waals surface area contributed by atoms with Crippen LogP contribution in [0.25, 0.3) is 0 Å². The highest BCUT2D eigenvalue weighted by Crippen LogP contribution is 2.20. The molecule has 1 unspecified atom stereocenters. The van der Waals surface area contributed by atoms with Crippen LogP contribution in [-0.4, -0.2) is 45.2 Å². The molecule has 4 nitrogen and oxygen atoms in total. The number of carbonyl (C=O) groups is 1. The zero-order chi connectivity index (χ0) is 16.2. The fraction of sp³-hybridized carbons (Fsp3) is 0.611. The molecule has 0 bridgehead atoms. The van der Waals surface area contributed by atoms with Gasteiger partial charge in [0.1, 0.15) is 26.2 Å². The molecule has 1 aromatic rings.